The van der Waals surface area contributed by atoms with Gasteiger partial charge in [0.25, 0.3) is 5.88 Å². The van der Waals surface area contributed by atoms with Gasteiger partial charge in [0, 0.05) is 19.3 Å². The third-order valence-corrected chi connectivity index (χ3v) is 4.37. The Kier molecular flexibility index (Phi) is 5.08. The first-order valence-corrected chi connectivity index (χ1v) is 8.31. The van der Waals surface area contributed by atoms with Crippen molar-refractivity contribution in [3.05, 3.63) is 41.2 Å². The largest absolute Gasteiger partial charge is 0.475 e. The Bertz CT molecular complexity index is 797. The molecule has 3 heterocycles. The minimum atomic E-state index is -0.486. The van der Waals surface area contributed by atoms with Crippen LogP contribution in [0.15, 0.2) is 18.3 Å². The number of nitrogens with zero attached hydrogens (tertiary/aromatic N) is 5. The number of nitriles is 1. The first-order valence-electron chi connectivity index (χ1n) is 8.31. The molecule has 25 heavy (non-hydrogen) atoms. The van der Waals surface area contributed by atoms with E-state index in [1.54, 1.807) is 32.2 Å². The lowest BCUT2D eigenvalue weighted by Crippen LogP contribution is -2.36. The fourth-order valence-corrected chi connectivity index (χ4v) is 2.95. The summed E-state index contributed by atoms with van der Waals surface area (Å²) in [6.45, 7) is 5.44. The van der Waals surface area contributed by atoms with Gasteiger partial charge in [-0.2, -0.15) is 14.6 Å². The Labute approximate surface area is 146 Å². The van der Waals surface area contributed by atoms with Crippen molar-refractivity contribution in [2.24, 2.45) is 5.92 Å². The summed E-state index contributed by atoms with van der Waals surface area (Å²) >= 11 is 0. The smallest absolute Gasteiger partial charge is 0.254 e. The lowest BCUT2D eigenvalue weighted by atomic mass is 9.98. The molecule has 130 valence electrons. The molecule has 1 aliphatic heterocycles. The monoisotopic (exact) mass is 341 g/mol. The molecule has 3 rings (SSSR count). The number of rotatable bonds is 4. The second kappa shape index (κ2) is 7.43. The van der Waals surface area contributed by atoms with Gasteiger partial charge in [-0.15, -0.1) is 0 Å². The van der Waals surface area contributed by atoms with Gasteiger partial charge in [-0.1, -0.05) is 0 Å². The van der Waals surface area contributed by atoms with Crippen LogP contribution in [-0.2, 0) is 0 Å². The molecule has 7 heteroatoms. The van der Waals surface area contributed by atoms with Crippen LogP contribution in [0, 0.1) is 36.9 Å². The first kappa shape index (κ1) is 17.1. The number of pyridine rings is 1. The molecule has 0 aliphatic carbocycles. The summed E-state index contributed by atoms with van der Waals surface area (Å²) in [6.07, 6.45) is 3.50. The van der Waals surface area contributed by atoms with Crippen LogP contribution in [0.1, 0.15) is 29.9 Å². The van der Waals surface area contributed by atoms with Crippen LogP contribution in [0.5, 0.6) is 5.88 Å². The molecule has 0 amide bonds. The fourth-order valence-electron chi connectivity index (χ4n) is 2.95. The number of halogens is 1. The Balaban J connectivity index is 1.55. The molecule has 0 radical (unpaired) electrons. The van der Waals surface area contributed by atoms with Gasteiger partial charge in [0.05, 0.1) is 23.9 Å². The molecule has 1 aliphatic rings. The molecule has 0 saturated carbocycles. The summed E-state index contributed by atoms with van der Waals surface area (Å²) in [4.78, 5) is 14.5. The normalized spacial score (nSPS) is 15.0. The van der Waals surface area contributed by atoms with E-state index in [0.29, 0.717) is 29.6 Å². The SMILES string of the molecule is Cc1nc(C)c(F)c(OCC2CCN(c3cc(C#N)ccn3)CC2)n1. The predicted octanol–water partition coefficient (Wildman–Crippen LogP) is 2.79. The molecule has 0 spiro atoms. The quantitative estimate of drug-likeness (QED) is 0.851. The van der Waals surface area contributed by atoms with Crippen molar-refractivity contribution >= 4 is 5.82 Å². The maximum atomic E-state index is 14.0. The standard InChI is InChI=1S/C18H20FN5O/c1-12-17(19)18(23-13(2)22-12)25-11-14-4-7-24(8-5-14)16-9-15(10-20)3-6-21-16/h3,6,9,14H,4-5,7-8,11H2,1-2H3. The minimum absolute atomic E-state index is 0.0378. The van der Waals surface area contributed by atoms with Crippen LogP contribution in [0.25, 0.3) is 0 Å². The van der Waals surface area contributed by atoms with Crippen molar-refractivity contribution in [2.75, 3.05) is 24.6 Å². The van der Waals surface area contributed by atoms with Crippen molar-refractivity contribution < 1.29 is 9.13 Å². The van der Waals surface area contributed by atoms with Crippen LogP contribution < -0.4 is 9.64 Å². The lowest BCUT2D eigenvalue weighted by molar-refractivity contribution is 0.206. The van der Waals surface area contributed by atoms with E-state index in [1.165, 1.54) is 0 Å². The molecular weight excluding hydrogens is 321 g/mol. The second-order valence-electron chi connectivity index (χ2n) is 6.23. The van der Waals surface area contributed by atoms with Gasteiger partial charge >= 0.3 is 0 Å². The van der Waals surface area contributed by atoms with Crippen molar-refractivity contribution in [1.29, 1.82) is 5.26 Å². The molecule has 2 aromatic rings. The number of hydrogen-bond acceptors (Lipinski definition) is 6. The topological polar surface area (TPSA) is 74.9 Å². The van der Waals surface area contributed by atoms with Gasteiger partial charge in [-0.3, -0.25) is 0 Å². The van der Waals surface area contributed by atoms with Crippen molar-refractivity contribution in [2.45, 2.75) is 26.7 Å². The third-order valence-electron chi connectivity index (χ3n) is 4.37. The van der Waals surface area contributed by atoms with Crippen molar-refractivity contribution in [3.63, 3.8) is 0 Å². The Morgan fingerprint density at radius 3 is 2.80 bits per heavy atom. The van der Waals surface area contributed by atoms with Gasteiger partial charge in [-0.25, -0.2) is 9.97 Å². The Morgan fingerprint density at radius 2 is 2.08 bits per heavy atom. The third kappa shape index (κ3) is 4.02. The summed E-state index contributed by atoms with van der Waals surface area (Å²) in [5.74, 6) is 1.22. The summed E-state index contributed by atoms with van der Waals surface area (Å²) in [7, 11) is 0. The van der Waals surface area contributed by atoms with E-state index < -0.39 is 5.82 Å². The van der Waals surface area contributed by atoms with E-state index in [0.717, 1.165) is 31.7 Å². The summed E-state index contributed by atoms with van der Waals surface area (Å²) in [6, 6.07) is 5.64. The summed E-state index contributed by atoms with van der Waals surface area (Å²) in [5.41, 5.74) is 0.918. The highest BCUT2D eigenvalue weighted by Crippen LogP contribution is 2.24. The molecule has 0 atom stereocenters. The zero-order valence-corrected chi connectivity index (χ0v) is 14.4. The Hall–Kier alpha value is -2.75. The molecule has 1 saturated heterocycles. The van der Waals surface area contributed by atoms with E-state index in [2.05, 4.69) is 25.9 Å². The van der Waals surface area contributed by atoms with E-state index in [9.17, 15) is 4.39 Å². The summed E-state index contributed by atoms with van der Waals surface area (Å²) < 4.78 is 19.6. The van der Waals surface area contributed by atoms with Gasteiger partial charge in [0.15, 0.2) is 0 Å². The average molecular weight is 341 g/mol. The van der Waals surface area contributed by atoms with Crippen LogP contribution in [0.3, 0.4) is 0 Å². The van der Waals surface area contributed by atoms with Crippen LogP contribution in [0.2, 0.25) is 0 Å². The molecule has 1 fully saturated rings. The molecule has 2 aromatic heterocycles. The predicted molar refractivity (Wildman–Crippen MR) is 90.8 cm³/mol. The van der Waals surface area contributed by atoms with E-state index in [-0.39, 0.29) is 5.88 Å². The van der Waals surface area contributed by atoms with Crippen molar-refractivity contribution in [1.82, 2.24) is 15.0 Å². The number of anilines is 1. The van der Waals surface area contributed by atoms with Crippen LogP contribution in [0.4, 0.5) is 10.2 Å². The molecule has 0 bridgehead atoms. The van der Waals surface area contributed by atoms with Gasteiger partial charge in [-0.05, 0) is 44.7 Å². The van der Waals surface area contributed by atoms with Crippen molar-refractivity contribution in [3.8, 4) is 11.9 Å². The number of aryl methyl sites for hydroxylation is 2. The fraction of sp³-hybridized carbons (Fsp3) is 0.444. The van der Waals surface area contributed by atoms with E-state index >= 15 is 0 Å². The highest BCUT2D eigenvalue weighted by molar-refractivity contribution is 5.45. The number of hydrogen-bond donors (Lipinski definition) is 0. The highest BCUT2D eigenvalue weighted by Gasteiger charge is 2.22. The molecule has 6 nitrogen and oxygen atoms in total. The molecule has 0 unspecified atom stereocenters. The van der Waals surface area contributed by atoms with Gasteiger partial charge in [0.1, 0.15) is 11.6 Å². The molecule has 0 N–H and O–H groups in total. The lowest BCUT2D eigenvalue weighted by Gasteiger charge is -2.32. The zero-order chi connectivity index (χ0) is 17.8. The van der Waals surface area contributed by atoms with Gasteiger partial charge in [0.2, 0.25) is 5.82 Å². The number of aromatic nitrogens is 3. The summed E-state index contributed by atoms with van der Waals surface area (Å²) in [5, 5.41) is 8.99. The maximum Gasteiger partial charge on any atom is 0.254 e. The second-order valence-corrected chi connectivity index (χ2v) is 6.23. The number of ether oxygens (including phenoxy) is 1. The van der Waals surface area contributed by atoms with Gasteiger partial charge < -0.3 is 9.64 Å². The van der Waals surface area contributed by atoms with Crippen LogP contribution >= 0.6 is 0 Å². The van der Waals surface area contributed by atoms with E-state index in [4.69, 9.17) is 10.00 Å². The van der Waals surface area contributed by atoms with Crippen LogP contribution in [-0.4, -0.2) is 34.6 Å². The highest BCUT2D eigenvalue weighted by atomic mass is 19.1. The average Bonchev–Trinajstić information content (AvgIpc) is 2.64. The maximum absolute atomic E-state index is 14.0. The molecule has 0 aromatic carbocycles. The van der Waals surface area contributed by atoms with E-state index in [1.807, 2.05) is 0 Å². The number of piperidine rings is 1. The molecular formula is C18H20FN5O. The zero-order valence-electron chi connectivity index (χ0n) is 14.4. The minimum Gasteiger partial charge on any atom is -0.475 e. The first-order chi connectivity index (χ1) is 12.1. The Morgan fingerprint density at radius 1 is 1.32 bits per heavy atom.